The van der Waals surface area contributed by atoms with Gasteiger partial charge >= 0.3 is 0 Å². The number of guanidine groups is 1. The summed E-state index contributed by atoms with van der Waals surface area (Å²) < 4.78 is 15.9. The summed E-state index contributed by atoms with van der Waals surface area (Å²) in [5.41, 5.74) is 1.05. The Morgan fingerprint density at radius 2 is 1.93 bits per heavy atom. The van der Waals surface area contributed by atoms with E-state index in [1.54, 1.807) is 28.4 Å². The van der Waals surface area contributed by atoms with Crippen molar-refractivity contribution in [1.29, 1.82) is 0 Å². The van der Waals surface area contributed by atoms with Gasteiger partial charge in [0.2, 0.25) is 0 Å². The molecule has 7 nitrogen and oxygen atoms in total. The molecule has 0 saturated heterocycles. The first-order chi connectivity index (χ1) is 12.7. The van der Waals surface area contributed by atoms with Crippen LogP contribution >= 0.6 is 24.0 Å². The van der Waals surface area contributed by atoms with E-state index in [2.05, 4.69) is 20.5 Å². The van der Waals surface area contributed by atoms with Gasteiger partial charge in [-0.1, -0.05) is 0 Å². The largest absolute Gasteiger partial charge is 0.497 e. The zero-order chi connectivity index (χ0) is 18.8. The van der Waals surface area contributed by atoms with Crippen molar-refractivity contribution in [2.24, 2.45) is 4.99 Å². The summed E-state index contributed by atoms with van der Waals surface area (Å²) in [6.45, 7) is 4.22. The topological polar surface area (TPSA) is 67.4 Å². The highest BCUT2D eigenvalue weighted by Gasteiger charge is 2.28. The zero-order valence-corrected chi connectivity index (χ0v) is 19.1. The van der Waals surface area contributed by atoms with E-state index < -0.39 is 0 Å². The first kappa shape index (κ1) is 23.8. The van der Waals surface area contributed by atoms with Gasteiger partial charge in [-0.05, 0) is 25.0 Å². The van der Waals surface area contributed by atoms with E-state index in [1.807, 2.05) is 18.2 Å². The molecule has 8 heteroatoms. The Kier molecular flexibility index (Phi) is 11.5. The average molecular weight is 492 g/mol. The Morgan fingerprint density at radius 3 is 2.52 bits per heavy atom. The van der Waals surface area contributed by atoms with Crippen molar-refractivity contribution < 1.29 is 14.2 Å². The van der Waals surface area contributed by atoms with Gasteiger partial charge in [0.05, 0.1) is 20.8 Å². The van der Waals surface area contributed by atoms with Gasteiger partial charge in [-0.2, -0.15) is 0 Å². The van der Waals surface area contributed by atoms with Gasteiger partial charge in [0.15, 0.2) is 5.96 Å². The number of nitrogens with one attached hydrogen (secondary N) is 2. The molecule has 0 aromatic heterocycles. The van der Waals surface area contributed by atoms with Crippen LogP contribution in [0.4, 0.5) is 0 Å². The molecule has 1 aliphatic carbocycles. The molecule has 0 unspecified atom stereocenters. The molecule has 1 aliphatic rings. The van der Waals surface area contributed by atoms with Gasteiger partial charge in [-0.25, -0.2) is 0 Å². The summed E-state index contributed by atoms with van der Waals surface area (Å²) in [5, 5.41) is 6.71. The fourth-order valence-corrected chi connectivity index (χ4v) is 2.84. The molecule has 0 atom stereocenters. The smallest absolute Gasteiger partial charge is 0.191 e. The normalized spacial score (nSPS) is 13.9. The van der Waals surface area contributed by atoms with Crippen LogP contribution in [-0.4, -0.2) is 71.5 Å². The van der Waals surface area contributed by atoms with E-state index in [4.69, 9.17) is 14.2 Å². The Bertz CT molecular complexity index is 582. The van der Waals surface area contributed by atoms with Crippen LogP contribution < -0.4 is 20.1 Å². The molecule has 27 heavy (non-hydrogen) atoms. The quantitative estimate of drug-likeness (QED) is 0.280. The predicted molar refractivity (Wildman–Crippen MR) is 120 cm³/mol. The zero-order valence-electron chi connectivity index (χ0n) is 16.8. The number of aliphatic imine (C=N–C) groups is 1. The highest BCUT2D eigenvalue weighted by atomic mass is 127. The summed E-state index contributed by atoms with van der Waals surface area (Å²) >= 11 is 0. The van der Waals surface area contributed by atoms with E-state index in [1.165, 1.54) is 12.8 Å². The Morgan fingerprint density at radius 1 is 1.15 bits per heavy atom. The lowest BCUT2D eigenvalue weighted by Crippen LogP contribution is -2.42. The van der Waals surface area contributed by atoms with Crippen molar-refractivity contribution in [3.8, 4) is 11.5 Å². The fraction of sp³-hybridized carbons (Fsp3) is 0.632. The van der Waals surface area contributed by atoms with Gasteiger partial charge in [0.25, 0.3) is 0 Å². The Labute approximate surface area is 179 Å². The van der Waals surface area contributed by atoms with E-state index in [-0.39, 0.29) is 24.0 Å². The summed E-state index contributed by atoms with van der Waals surface area (Å²) in [6, 6.07) is 6.54. The third-order valence-corrected chi connectivity index (χ3v) is 4.50. The molecule has 1 fully saturated rings. The molecule has 0 spiro atoms. The summed E-state index contributed by atoms with van der Waals surface area (Å²) in [5.74, 6) is 2.36. The van der Waals surface area contributed by atoms with Crippen molar-refractivity contribution >= 4 is 29.9 Å². The van der Waals surface area contributed by atoms with Gasteiger partial charge in [0.1, 0.15) is 11.5 Å². The molecule has 0 amide bonds. The number of hydrogen-bond acceptors (Lipinski definition) is 5. The second kappa shape index (κ2) is 13.0. The van der Waals surface area contributed by atoms with Crippen LogP contribution in [0.5, 0.6) is 11.5 Å². The molecule has 2 rings (SSSR count). The van der Waals surface area contributed by atoms with E-state index in [9.17, 15) is 0 Å². The van der Waals surface area contributed by atoms with Crippen LogP contribution in [0.3, 0.4) is 0 Å². The lowest BCUT2D eigenvalue weighted by Gasteiger charge is -2.22. The van der Waals surface area contributed by atoms with Crippen molar-refractivity contribution in [1.82, 2.24) is 15.5 Å². The number of nitrogens with zero attached hydrogens (tertiary/aromatic N) is 2. The maximum absolute atomic E-state index is 5.44. The van der Waals surface area contributed by atoms with E-state index >= 15 is 0 Å². The Balaban J connectivity index is 0.00000364. The molecular weight excluding hydrogens is 459 g/mol. The number of ether oxygens (including phenoxy) is 3. The molecule has 0 aliphatic heterocycles. The third-order valence-electron chi connectivity index (χ3n) is 4.50. The standard InChI is InChI=1S/C19H32N4O3.HI/c1-20-19(21-9-10-23(11-12-24-2)16-6-7-16)22-14-15-5-8-17(25-3)13-18(15)26-4;/h5,8,13,16H,6-7,9-12,14H2,1-4H3,(H2,20,21,22);1H. The van der Waals surface area contributed by atoms with Crippen molar-refractivity contribution in [3.05, 3.63) is 23.8 Å². The second-order valence-electron chi connectivity index (χ2n) is 6.29. The fourth-order valence-electron chi connectivity index (χ4n) is 2.84. The molecule has 0 heterocycles. The molecule has 1 saturated carbocycles. The number of rotatable bonds is 11. The highest BCUT2D eigenvalue weighted by Crippen LogP contribution is 2.26. The molecule has 2 N–H and O–H groups in total. The summed E-state index contributed by atoms with van der Waals surface area (Å²) in [7, 11) is 6.85. The molecule has 0 radical (unpaired) electrons. The predicted octanol–water partition coefficient (Wildman–Crippen LogP) is 2.10. The van der Waals surface area contributed by atoms with Gasteiger partial charge in [0, 0.05) is 58.0 Å². The first-order valence-electron chi connectivity index (χ1n) is 9.10. The maximum atomic E-state index is 5.44. The maximum Gasteiger partial charge on any atom is 0.191 e. The lowest BCUT2D eigenvalue weighted by molar-refractivity contribution is 0.144. The summed E-state index contributed by atoms with van der Waals surface area (Å²) in [4.78, 5) is 6.78. The minimum atomic E-state index is 0. The van der Waals surface area contributed by atoms with E-state index in [0.29, 0.717) is 6.54 Å². The van der Waals surface area contributed by atoms with Crippen LogP contribution in [0.1, 0.15) is 18.4 Å². The van der Waals surface area contributed by atoms with Crippen LogP contribution in [0.15, 0.2) is 23.2 Å². The highest BCUT2D eigenvalue weighted by molar-refractivity contribution is 14.0. The van der Waals surface area contributed by atoms with Crippen LogP contribution in [0.2, 0.25) is 0 Å². The molecule has 154 valence electrons. The number of halogens is 1. The van der Waals surface area contributed by atoms with Crippen molar-refractivity contribution in [2.75, 3.05) is 54.6 Å². The third kappa shape index (κ3) is 8.10. The van der Waals surface area contributed by atoms with E-state index in [0.717, 1.165) is 55.3 Å². The number of benzene rings is 1. The minimum absolute atomic E-state index is 0. The molecular formula is C19H33IN4O3. The average Bonchev–Trinajstić information content (AvgIpc) is 3.51. The van der Waals surface area contributed by atoms with Crippen LogP contribution in [0.25, 0.3) is 0 Å². The van der Waals surface area contributed by atoms with Gasteiger partial charge in [-0.3, -0.25) is 9.89 Å². The van der Waals surface area contributed by atoms with Crippen LogP contribution in [0, 0.1) is 0 Å². The van der Waals surface area contributed by atoms with Crippen LogP contribution in [-0.2, 0) is 11.3 Å². The molecule has 1 aromatic rings. The summed E-state index contributed by atoms with van der Waals surface area (Å²) in [6.07, 6.45) is 2.60. The molecule has 0 bridgehead atoms. The first-order valence-corrected chi connectivity index (χ1v) is 9.10. The monoisotopic (exact) mass is 492 g/mol. The number of methoxy groups -OCH3 is 3. The van der Waals surface area contributed by atoms with Gasteiger partial charge in [-0.15, -0.1) is 24.0 Å². The SMILES string of the molecule is CN=C(NCCN(CCOC)C1CC1)NCc1ccc(OC)cc1OC.I. The minimum Gasteiger partial charge on any atom is -0.497 e. The van der Waals surface area contributed by atoms with Crippen molar-refractivity contribution in [3.63, 3.8) is 0 Å². The number of hydrogen-bond donors (Lipinski definition) is 2. The van der Waals surface area contributed by atoms with Crippen molar-refractivity contribution in [2.45, 2.75) is 25.4 Å². The Hall–Kier alpha value is -1.26. The molecule has 1 aromatic carbocycles. The van der Waals surface area contributed by atoms with Gasteiger partial charge < -0.3 is 24.8 Å². The second-order valence-corrected chi connectivity index (χ2v) is 6.29. The lowest BCUT2D eigenvalue weighted by atomic mass is 10.2.